The van der Waals surface area contributed by atoms with Crippen molar-refractivity contribution in [2.75, 3.05) is 0 Å². The van der Waals surface area contributed by atoms with E-state index >= 15 is 0 Å². The summed E-state index contributed by atoms with van der Waals surface area (Å²) < 4.78 is 6.30. The highest BCUT2D eigenvalue weighted by molar-refractivity contribution is 6.15. The first kappa shape index (κ1) is 29.2. The topological polar surface area (TPSA) is 13.1 Å². The second-order valence-electron chi connectivity index (χ2n) is 13.3. The summed E-state index contributed by atoms with van der Waals surface area (Å²) in [5.41, 5.74) is 14.0. The fourth-order valence-electron chi connectivity index (χ4n) is 7.61. The van der Waals surface area contributed by atoms with Gasteiger partial charge >= 0.3 is 0 Å². The molecule has 0 spiro atoms. The molecule has 0 saturated carbocycles. The molecule has 0 aliphatic carbocycles. The van der Waals surface area contributed by atoms with Crippen molar-refractivity contribution in [3.05, 3.63) is 194 Å². The van der Waals surface area contributed by atoms with E-state index in [9.17, 15) is 0 Å². The van der Waals surface area contributed by atoms with Crippen LogP contribution in [0.2, 0.25) is 0 Å². The van der Waals surface area contributed by atoms with E-state index in [-0.39, 0.29) is 0 Å². The Hall–Kier alpha value is -6.70. The maximum atomic E-state index is 6.30. The molecule has 1 nitrogen and oxygen atoms in total. The average Bonchev–Trinajstić information content (AvgIpc) is 3.60. The molecule has 1 heteroatoms. The molecule has 10 aromatic rings. The lowest BCUT2D eigenvalue weighted by atomic mass is 9.91. The second-order valence-corrected chi connectivity index (χ2v) is 13.3. The van der Waals surface area contributed by atoms with E-state index in [0.29, 0.717) is 0 Å². The van der Waals surface area contributed by atoms with Gasteiger partial charge in [0.05, 0.1) is 0 Å². The molecular weight excluding hydrogens is 617 g/mol. The number of fused-ring (bicyclic) bond motifs is 6. The zero-order valence-electron chi connectivity index (χ0n) is 27.9. The fraction of sp³-hybridized carbons (Fsp3) is 0. The molecule has 1 aromatic heterocycles. The summed E-state index contributed by atoms with van der Waals surface area (Å²) in [6.45, 7) is 0. The number of hydrogen-bond donors (Lipinski definition) is 0. The first-order valence-electron chi connectivity index (χ1n) is 17.5. The number of para-hydroxylation sites is 1. The van der Waals surface area contributed by atoms with Gasteiger partial charge in [-0.25, -0.2) is 0 Å². The van der Waals surface area contributed by atoms with Gasteiger partial charge in [0.15, 0.2) is 0 Å². The van der Waals surface area contributed by atoms with Crippen LogP contribution in [0.3, 0.4) is 0 Å². The van der Waals surface area contributed by atoms with E-state index in [4.69, 9.17) is 4.42 Å². The fourth-order valence-corrected chi connectivity index (χ4v) is 7.61. The summed E-state index contributed by atoms with van der Waals surface area (Å²) in [5, 5.41) is 7.12. The van der Waals surface area contributed by atoms with E-state index in [0.717, 1.165) is 27.3 Å². The Labute approximate surface area is 296 Å². The van der Waals surface area contributed by atoms with Crippen LogP contribution in [-0.4, -0.2) is 0 Å². The first-order chi connectivity index (χ1) is 25.2. The molecule has 1 heterocycles. The molecule has 0 saturated heterocycles. The molecule has 0 fully saturated rings. The molecular formula is C50H32O. The van der Waals surface area contributed by atoms with Gasteiger partial charge in [-0.3, -0.25) is 0 Å². The van der Waals surface area contributed by atoms with Crippen LogP contribution >= 0.6 is 0 Å². The number of hydrogen-bond acceptors (Lipinski definition) is 1. The Morgan fingerprint density at radius 1 is 0.255 bits per heavy atom. The molecule has 238 valence electrons. The van der Waals surface area contributed by atoms with Crippen molar-refractivity contribution in [2.45, 2.75) is 0 Å². The van der Waals surface area contributed by atoms with Crippen LogP contribution in [0, 0.1) is 0 Å². The molecule has 0 unspecified atom stereocenters. The van der Waals surface area contributed by atoms with Gasteiger partial charge < -0.3 is 4.42 Å². The Morgan fingerprint density at radius 2 is 0.765 bits per heavy atom. The number of rotatable bonds is 5. The van der Waals surface area contributed by atoms with Crippen LogP contribution in [0.4, 0.5) is 0 Å². The van der Waals surface area contributed by atoms with Crippen LogP contribution in [0.15, 0.2) is 199 Å². The Morgan fingerprint density at radius 3 is 1.55 bits per heavy atom. The highest BCUT2D eigenvalue weighted by Gasteiger charge is 2.13. The molecule has 0 aliphatic heterocycles. The largest absolute Gasteiger partial charge is 0.455 e. The lowest BCUT2D eigenvalue weighted by Crippen LogP contribution is -1.87. The molecule has 0 N–H and O–H groups in total. The van der Waals surface area contributed by atoms with Gasteiger partial charge in [-0.1, -0.05) is 152 Å². The van der Waals surface area contributed by atoms with Crippen molar-refractivity contribution in [2.24, 2.45) is 0 Å². The van der Waals surface area contributed by atoms with Gasteiger partial charge in [-0.15, -0.1) is 0 Å². The third-order valence-corrected chi connectivity index (χ3v) is 10.3. The molecule has 0 bridgehead atoms. The standard InChI is InChI=1S/C50H32O/c1-2-9-33(10-3-1)34-17-19-35(20-18-34)38-12-8-13-39(29-38)43-31-41-11-4-5-14-44(41)48(32-43)37-23-21-36(22-24-37)40-25-27-45-42(30-40)26-28-47-46-15-6-7-16-49(46)51-50(45)47/h1-32H. The Bertz CT molecular complexity index is 2880. The first-order valence-corrected chi connectivity index (χ1v) is 17.5. The smallest absolute Gasteiger partial charge is 0.143 e. The third-order valence-electron chi connectivity index (χ3n) is 10.3. The lowest BCUT2D eigenvalue weighted by molar-refractivity contribution is 0.672. The highest BCUT2D eigenvalue weighted by Crippen LogP contribution is 2.38. The van der Waals surface area contributed by atoms with Crippen molar-refractivity contribution >= 4 is 43.5 Å². The zero-order valence-corrected chi connectivity index (χ0v) is 27.9. The molecule has 0 aliphatic rings. The summed E-state index contributed by atoms with van der Waals surface area (Å²) in [7, 11) is 0. The van der Waals surface area contributed by atoms with E-state index < -0.39 is 0 Å². The van der Waals surface area contributed by atoms with E-state index in [1.54, 1.807) is 0 Å². The van der Waals surface area contributed by atoms with Gasteiger partial charge in [0, 0.05) is 16.2 Å². The molecule has 51 heavy (non-hydrogen) atoms. The molecule has 9 aromatic carbocycles. The van der Waals surface area contributed by atoms with Crippen LogP contribution in [0.25, 0.3) is 99.1 Å². The summed E-state index contributed by atoms with van der Waals surface area (Å²) in [5.74, 6) is 0. The van der Waals surface area contributed by atoms with Crippen molar-refractivity contribution in [3.63, 3.8) is 0 Å². The molecule has 10 rings (SSSR count). The van der Waals surface area contributed by atoms with Crippen molar-refractivity contribution in [1.29, 1.82) is 0 Å². The number of benzene rings is 9. The van der Waals surface area contributed by atoms with Gasteiger partial charge in [0.1, 0.15) is 11.2 Å². The zero-order chi connectivity index (χ0) is 33.7. The summed E-state index contributed by atoms with van der Waals surface area (Å²) in [6, 6.07) is 70.1. The minimum absolute atomic E-state index is 0.929. The monoisotopic (exact) mass is 648 g/mol. The Kier molecular flexibility index (Phi) is 6.89. The molecule has 0 atom stereocenters. The van der Waals surface area contributed by atoms with Crippen LogP contribution in [-0.2, 0) is 0 Å². The minimum Gasteiger partial charge on any atom is -0.455 e. The SMILES string of the molecule is c1ccc(-c2ccc(-c3cccc(-c4cc(-c5ccc(-c6ccc7c(ccc8c9ccccc9oc78)c6)cc5)c5ccccc5c4)c3)cc2)cc1. The van der Waals surface area contributed by atoms with Gasteiger partial charge in [-0.2, -0.15) is 0 Å². The van der Waals surface area contributed by atoms with E-state index in [1.807, 2.05) is 12.1 Å². The van der Waals surface area contributed by atoms with Gasteiger partial charge in [-0.05, 0) is 114 Å². The van der Waals surface area contributed by atoms with Gasteiger partial charge in [0.2, 0.25) is 0 Å². The maximum absolute atomic E-state index is 6.30. The predicted molar refractivity (Wildman–Crippen MR) is 216 cm³/mol. The third kappa shape index (κ3) is 5.19. The van der Waals surface area contributed by atoms with Crippen molar-refractivity contribution in [1.82, 2.24) is 0 Å². The summed E-state index contributed by atoms with van der Waals surface area (Å²) in [4.78, 5) is 0. The highest BCUT2D eigenvalue weighted by atomic mass is 16.3. The van der Waals surface area contributed by atoms with E-state index in [1.165, 1.54) is 71.8 Å². The van der Waals surface area contributed by atoms with E-state index in [2.05, 4.69) is 182 Å². The normalized spacial score (nSPS) is 11.5. The quantitative estimate of drug-likeness (QED) is 0.181. The molecule has 0 radical (unpaired) electrons. The van der Waals surface area contributed by atoms with Crippen molar-refractivity contribution in [3.8, 4) is 55.6 Å². The summed E-state index contributed by atoms with van der Waals surface area (Å²) >= 11 is 0. The van der Waals surface area contributed by atoms with Crippen LogP contribution < -0.4 is 0 Å². The lowest BCUT2D eigenvalue weighted by Gasteiger charge is -2.13. The second kappa shape index (κ2) is 12.0. The van der Waals surface area contributed by atoms with Crippen LogP contribution in [0.5, 0.6) is 0 Å². The minimum atomic E-state index is 0.929. The van der Waals surface area contributed by atoms with Crippen molar-refractivity contribution < 1.29 is 4.42 Å². The average molecular weight is 649 g/mol. The molecule has 0 amide bonds. The Balaban J connectivity index is 0.993. The number of furan rings is 1. The predicted octanol–water partition coefficient (Wildman–Crippen LogP) is 14.2. The van der Waals surface area contributed by atoms with Crippen LogP contribution in [0.1, 0.15) is 0 Å². The summed E-state index contributed by atoms with van der Waals surface area (Å²) in [6.07, 6.45) is 0. The van der Waals surface area contributed by atoms with Gasteiger partial charge in [0.25, 0.3) is 0 Å². The maximum Gasteiger partial charge on any atom is 0.143 e.